The molecule has 3 fully saturated rings. The maximum Gasteiger partial charge on any atom is 0.330 e. The Hall–Kier alpha value is -1.44. The summed E-state index contributed by atoms with van der Waals surface area (Å²) in [6.45, 7) is 12.9. The van der Waals surface area contributed by atoms with Crippen LogP contribution in [0.25, 0.3) is 0 Å². The van der Waals surface area contributed by atoms with Crippen molar-refractivity contribution >= 4 is 30.1 Å². The molecule has 0 aromatic carbocycles. The Bertz CT molecular complexity index is 891. The largest absolute Gasteiger partial charge is 0.462 e. The zero-order chi connectivity index (χ0) is 27.1. The molecule has 8 heteroatoms. The number of halogens is 1. The van der Waals surface area contributed by atoms with Crippen LogP contribution in [-0.2, 0) is 23.9 Å². The minimum absolute atomic E-state index is 0. The minimum atomic E-state index is -1.11. The van der Waals surface area contributed by atoms with E-state index in [1.165, 1.54) is 0 Å². The van der Waals surface area contributed by atoms with E-state index in [9.17, 15) is 19.5 Å². The number of carbonyl (C=O) groups excluding carboxylic acids is 3. The van der Waals surface area contributed by atoms with E-state index in [0.717, 1.165) is 31.3 Å². The second-order valence-corrected chi connectivity index (χ2v) is 13.2. The fourth-order valence-corrected chi connectivity index (χ4v) is 7.38. The predicted molar refractivity (Wildman–Crippen MR) is 145 cm³/mol. The van der Waals surface area contributed by atoms with Crippen LogP contribution in [0.4, 0.5) is 0 Å². The topological polar surface area (TPSA) is 93.1 Å². The summed E-state index contributed by atoms with van der Waals surface area (Å²) in [5.41, 5.74) is -0.471. The SMILES string of the molecule is CC1C(=CC(=O)OCCN(C)C)CCC2C1C(=O)CC1C(C)(C)C(OC(=O)CC(C)(C)O)CCC21C.Cl. The molecular formula is C29H48ClNO6. The van der Waals surface area contributed by atoms with E-state index >= 15 is 0 Å². The predicted octanol–water partition coefficient (Wildman–Crippen LogP) is 4.59. The lowest BCUT2D eigenvalue weighted by Crippen LogP contribution is -2.60. The third-order valence-corrected chi connectivity index (χ3v) is 9.33. The smallest absolute Gasteiger partial charge is 0.330 e. The van der Waals surface area contributed by atoms with Crippen molar-refractivity contribution in [1.29, 1.82) is 0 Å². The lowest BCUT2D eigenvalue weighted by Gasteiger charge is -2.62. The highest BCUT2D eigenvalue weighted by Gasteiger charge is 2.62. The summed E-state index contributed by atoms with van der Waals surface area (Å²) in [6, 6.07) is 0. The molecule has 0 amide bonds. The highest BCUT2D eigenvalue weighted by molar-refractivity contribution is 5.86. The number of Topliss-reactive ketones (excluding diaryl/α,β-unsaturated/α-hetero) is 1. The molecule has 0 aliphatic heterocycles. The summed E-state index contributed by atoms with van der Waals surface area (Å²) in [5.74, 6) is -0.166. The molecule has 0 bridgehead atoms. The van der Waals surface area contributed by atoms with Gasteiger partial charge >= 0.3 is 11.9 Å². The Balaban J connectivity index is 0.00000481. The van der Waals surface area contributed by atoms with Crippen molar-refractivity contribution < 1.29 is 29.0 Å². The van der Waals surface area contributed by atoms with Crippen molar-refractivity contribution in [3.63, 3.8) is 0 Å². The molecule has 3 aliphatic rings. The van der Waals surface area contributed by atoms with Crippen LogP contribution in [-0.4, -0.2) is 66.7 Å². The number of likely N-dealkylation sites (N-methyl/N-ethyl adjacent to an activating group) is 1. The Morgan fingerprint density at radius 3 is 2.43 bits per heavy atom. The van der Waals surface area contributed by atoms with Crippen molar-refractivity contribution in [3.05, 3.63) is 11.6 Å². The van der Waals surface area contributed by atoms with Gasteiger partial charge in [-0.1, -0.05) is 33.3 Å². The number of carbonyl (C=O) groups is 3. The molecule has 0 heterocycles. The third-order valence-electron chi connectivity index (χ3n) is 9.33. The maximum absolute atomic E-state index is 13.6. The van der Waals surface area contributed by atoms with Crippen molar-refractivity contribution in [2.75, 3.05) is 27.2 Å². The molecule has 0 spiro atoms. The fourth-order valence-electron chi connectivity index (χ4n) is 7.38. The standard InChI is InChI=1S/C29H47NO6.ClH/c1-18-19(15-24(32)35-14-13-30(7)8)9-10-20-26(18)21(31)16-22-28(4,5)23(11-12-29(20,22)6)36-25(33)17-27(2,3)34;/h15,18,20,22-23,26,34H,9-14,16-17H2,1-8H3;1H. The van der Waals surface area contributed by atoms with Gasteiger partial charge in [-0.3, -0.25) is 9.59 Å². The van der Waals surface area contributed by atoms with Crippen molar-refractivity contribution in [2.45, 2.75) is 91.8 Å². The van der Waals surface area contributed by atoms with E-state index in [-0.39, 0.29) is 77.2 Å². The molecule has 6 unspecified atom stereocenters. The highest BCUT2D eigenvalue weighted by atomic mass is 35.5. The molecule has 37 heavy (non-hydrogen) atoms. The lowest BCUT2D eigenvalue weighted by molar-refractivity contribution is -0.191. The van der Waals surface area contributed by atoms with Gasteiger partial charge in [-0.25, -0.2) is 4.79 Å². The lowest BCUT2D eigenvalue weighted by atomic mass is 9.42. The van der Waals surface area contributed by atoms with Gasteiger partial charge in [0, 0.05) is 30.4 Å². The molecule has 7 nitrogen and oxygen atoms in total. The molecule has 3 saturated carbocycles. The molecule has 0 aromatic rings. The highest BCUT2D eigenvalue weighted by Crippen LogP contribution is 2.64. The number of nitrogens with zero attached hydrogens (tertiary/aromatic N) is 1. The molecule has 0 saturated heterocycles. The molecule has 0 radical (unpaired) electrons. The van der Waals surface area contributed by atoms with Gasteiger partial charge in [0.25, 0.3) is 0 Å². The fraction of sp³-hybridized carbons (Fsp3) is 0.828. The summed E-state index contributed by atoms with van der Waals surface area (Å²) >= 11 is 0. The summed E-state index contributed by atoms with van der Waals surface area (Å²) < 4.78 is 11.3. The van der Waals surface area contributed by atoms with Crippen LogP contribution in [0.15, 0.2) is 11.6 Å². The van der Waals surface area contributed by atoms with Gasteiger partial charge < -0.3 is 19.5 Å². The van der Waals surface area contributed by atoms with E-state index in [4.69, 9.17) is 9.47 Å². The van der Waals surface area contributed by atoms with Gasteiger partial charge in [-0.2, -0.15) is 0 Å². The molecule has 3 rings (SSSR count). The van der Waals surface area contributed by atoms with Gasteiger partial charge in [0.2, 0.25) is 0 Å². The number of allylic oxidation sites excluding steroid dienone is 1. The zero-order valence-corrected chi connectivity index (χ0v) is 24.8. The van der Waals surface area contributed by atoms with Crippen LogP contribution in [0.3, 0.4) is 0 Å². The van der Waals surface area contributed by atoms with Gasteiger partial charge in [0.1, 0.15) is 18.5 Å². The Morgan fingerprint density at radius 2 is 1.84 bits per heavy atom. The molecule has 0 aromatic heterocycles. The Labute approximate surface area is 229 Å². The number of fused-ring (bicyclic) bond motifs is 3. The minimum Gasteiger partial charge on any atom is -0.462 e. The summed E-state index contributed by atoms with van der Waals surface area (Å²) in [5, 5.41) is 10.0. The van der Waals surface area contributed by atoms with Crippen LogP contribution in [0, 0.1) is 34.5 Å². The first-order valence-electron chi connectivity index (χ1n) is 13.5. The number of esters is 2. The first-order chi connectivity index (χ1) is 16.6. The number of ether oxygens (including phenoxy) is 2. The second-order valence-electron chi connectivity index (χ2n) is 13.2. The first-order valence-corrected chi connectivity index (χ1v) is 13.5. The molecule has 6 atom stereocenters. The average Bonchev–Trinajstić information content (AvgIpc) is 2.72. The van der Waals surface area contributed by atoms with Gasteiger partial charge in [0.05, 0.1) is 12.0 Å². The summed E-state index contributed by atoms with van der Waals surface area (Å²) in [4.78, 5) is 40.5. The number of ketones is 1. The van der Waals surface area contributed by atoms with Crippen LogP contribution in [0.2, 0.25) is 0 Å². The summed E-state index contributed by atoms with van der Waals surface area (Å²) in [7, 11) is 3.87. The maximum atomic E-state index is 13.6. The van der Waals surface area contributed by atoms with Gasteiger partial charge in [-0.15, -0.1) is 12.4 Å². The Kier molecular flexibility index (Phi) is 10.1. The van der Waals surface area contributed by atoms with Crippen molar-refractivity contribution in [1.82, 2.24) is 4.90 Å². The molecule has 212 valence electrons. The molecular weight excluding hydrogens is 494 g/mol. The number of aliphatic hydroxyl groups is 1. The third kappa shape index (κ3) is 6.96. The first kappa shape index (κ1) is 31.8. The van der Waals surface area contributed by atoms with Crippen LogP contribution >= 0.6 is 12.4 Å². The van der Waals surface area contributed by atoms with Crippen LogP contribution < -0.4 is 0 Å². The van der Waals surface area contributed by atoms with E-state index in [2.05, 4.69) is 27.7 Å². The van der Waals surface area contributed by atoms with Crippen LogP contribution in [0.1, 0.15) is 80.1 Å². The molecule has 1 N–H and O–H groups in total. The zero-order valence-electron chi connectivity index (χ0n) is 24.0. The Morgan fingerprint density at radius 1 is 1.19 bits per heavy atom. The summed E-state index contributed by atoms with van der Waals surface area (Å²) in [6.07, 6.45) is 5.10. The second kappa shape index (κ2) is 11.7. The average molecular weight is 542 g/mol. The molecule has 3 aliphatic carbocycles. The number of hydrogen-bond donors (Lipinski definition) is 1. The van der Waals surface area contributed by atoms with E-state index in [1.807, 2.05) is 19.0 Å². The van der Waals surface area contributed by atoms with Crippen LogP contribution in [0.5, 0.6) is 0 Å². The van der Waals surface area contributed by atoms with Crippen molar-refractivity contribution in [2.24, 2.45) is 34.5 Å². The van der Waals surface area contributed by atoms with E-state index < -0.39 is 5.60 Å². The van der Waals surface area contributed by atoms with E-state index in [0.29, 0.717) is 19.6 Å². The van der Waals surface area contributed by atoms with Gasteiger partial charge in [-0.05, 0) is 76.8 Å². The van der Waals surface area contributed by atoms with Crippen molar-refractivity contribution in [3.8, 4) is 0 Å². The quantitative estimate of drug-likeness (QED) is 0.372. The number of rotatable bonds is 7. The van der Waals surface area contributed by atoms with Gasteiger partial charge in [0.15, 0.2) is 0 Å². The normalized spacial score (nSPS) is 34.3. The number of hydrogen-bond acceptors (Lipinski definition) is 7. The monoisotopic (exact) mass is 541 g/mol. The van der Waals surface area contributed by atoms with E-state index in [1.54, 1.807) is 19.9 Å².